The predicted molar refractivity (Wildman–Crippen MR) is 85.5 cm³/mol. The molecule has 3 N–H and O–H groups in total. The first-order chi connectivity index (χ1) is 9.86. The highest BCUT2D eigenvalue weighted by Gasteiger charge is 2.37. The number of rotatable bonds is 7. The van der Waals surface area contributed by atoms with E-state index in [1.54, 1.807) is 0 Å². The molecule has 2 atom stereocenters. The Morgan fingerprint density at radius 3 is 2.71 bits per heavy atom. The van der Waals surface area contributed by atoms with Crippen LogP contribution in [0.2, 0.25) is 0 Å². The summed E-state index contributed by atoms with van der Waals surface area (Å²) in [6.45, 7) is 8.37. The van der Waals surface area contributed by atoms with Gasteiger partial charge in [0.15, 0.2) is 5.78 Å². The number of hydrogen-bond donors (Lipinski definition) is 2. The summed E-state index contributed by atoms with van der Waals surface area (Å²) in [5.74, 6) is 0.384. The van der Waals surface area contributed by atoms with Crippen LogP contribution < -0.4 is 11.1 Å². The average Bonchev–Trinajstić information content (AvgIpc) is 2.44. The highest BCUT2D eigenvalue weighted by molar-refractivity contribution is 6.27. The van der Waals surface area contributed by atoms with Crippen molar-refractivity contribution in [1.29, 1.82) is 0 Å². The van der Waals surface area contributed by atoms with Crippen LogP contribution in [0.15, 0.2) is 17.1 Å². The minimum Gasteiger partial charge on any atom is -0.386 e. The molecule has 0 spiro atoms. The van der Waals surface area contributed by atoms with Gasteiger partial charge in [0.2, 0.25) is 5.91 Å². The second kappa shape index (κ2) is 8.17. The monoisotopic (exact) mass is 313 g/mol. The van der Waals surface area contributed by atoms with Gasteiger partial charge in [0.05, 0.1) is 17.8 Å². The Hall–Kier alpha value is -1.36. The molecule has 118 valence electrons. The Morgan fingerprint density at radius 1 is 1.48 bits per heavy atom. The van der Waals surface area contributed by atoms with E-state index in [0.717, 1.165) is 0 Å². The third-order valence-electron chi connectivity index (χ3n) is 3.50. The van der Waals surface area contributed by atoms with E-state index >= 15 is 0 Å². The van der Waals surface area contributed by atoms with Gasteiger partial charge in [0.25, 0.3) is 0 Å². The lowest BCUT2D eigenvalue weighted by Gasteiger charge is -2.30. The van der Waals surface area contributed by atoms with Crippen molar-refractivity contribution in [3.8, 4) is 0 Å². The molecular formula is C15H24ClN3O2. The maximum atomic E-state index is 12.3. The maximum absolute atomic E-state index is 12.3. The minimum absolute atomic E-state index is 0.0606. The minimum atomic E-state index is -0.485. The largest absolute Gasteiger partial charge is 0.386 e. The molecule has 0 aromatic rings. The zero-order valence-corrected chi connectivity index (χ0v) is 13.4. The summed E-state index contributed by atoms with van der Waals surface area (Å²) < 4.78 is 0. The number of hydrogen-bond acceptors (Lipinski definition) is 3. The van der Waals surface area contributed by atoms with Gasteiger partial charge in [-0.3, -0.25) is 14.6 Å². The molecule has 0 aromatic carbocycles. The quantitative estimate of drug-likeness (QED) is 0.246. The second-order valence-electron chi connectivity index (χ2n) is 5.78. The Bertz CT molecular complexity index is 446. The Kier molecular flexibility index (Phi) is 6.89. The van der Waals surface area contributed by atoms with Gasteiger partial charge in [-0.25, -0.2) is 0 Å². The molecule has 0 saturated carbocycles. The number of alkyl halides is 1. The first kappa shape index (κ1) is 17.7. The molecule has 1 aliphatic rings. The van der Waals surface area contributed by atoms with Crippen LogP contribution in [0.25, 0.3) is 0 Å². The Balaban J connectivity index is 2.54. The molecule has 1 saturated heterocycles. The first-order valence-electron chi connectivity index (χ1n) is 7.25. The van der Waals surface area contributed by atoms with Crippen LogP contribution in [0.5, 0.6) is 0 Å². The summed E-state index contributed by atoms with van der Waals surface area (Å²) in [5.41, 5.74) is 5.93. The number of piperidine rings is 1. The van der Waals surface area contributed by atoms with E-state index in [9.17, 15) is 9.59 Å². The van der Waals surface area contributed by atoms with Gasteiger partial charge < -0.3 is 11.1 Å². The molecule has 1 aliphatic heterocycles. The average molecular weight is 314 g/mol. The summed E-state index contributed by atoms with van der Waals surface area (Å²) >= 11 is 5.52. The Morgan fingerprint density at radius 2 is 2.14 bits per heavy atom. The van der Waals surface area contributed by atoms with Crippen LogP contribution in [0.3, 0.4) is 0 Å². The van der Waals surface area contributed by atoms with Gasteiger partial charge in [-0.2, -0.15) is 0 Å². The van der Waals surface area contributed by atoms with Gasteiger partial charge in [-0.05, 0) is 25.2 Å². The predicted octanol–water partition coefficient (Wildman–Crippen LogP) is 1.65. The van der Waals surface area contributed by atoms with E-state index in [1.807, 2.05) is 13.8 Å². The van der Waals surface area contributed by atoms with Gasteiger partial charge in [0.1, 0.15) is 5.84 Å². The molecule has 1 amide bonds. The molecule has 1 rings (SSSR count). The highest BCUT2D eigenvalue weighted by Crippen LogP contribution is 2.25. The fourth-order valence-corrected chi connectivity index (χ4v) is 2.46. The van der Waals surface area contributed by atoms with Crippen molar-refractivity contribution >= 4 is 29.1 Å². The standard InChI is InChI=1S/C15H24ClN3O2/c1-9(2)7-11-10(3)14(20)12(19-15(11)21)5-4-6-18-13(17)8-16/h9,11-12H,3-8H2,1-2H3,(H2,17,18)(H,19,21). The number of nitrogens with one attached hydrogen (secondary N) is 1. The molecule has 5 nitrogen and oxygen atoms in total. The number of amidine groups is 1. The van der Waals surface area contributed by atoms with Crippen molar-refractivity contribution in [2.75, 3.05) is 12.4 Å². The molecule has 6 heteroatoms. The van der Waals surface area contributed by atoms with Gasteiger partial charge in [-0.1, -0.05) is 20.4 Å². The van der Waals surface area contributed by atoms with Crippen LogP contribution in [-0.4, -0.2) is 36.0 Å². The van der Waals surface area contributed by atoms with Crippen molar-refractivity contribution in [2.24, 2.45) is 22.6 Å². The summed E-state index contributed by atoms with van der Waals surface area (Å²) in [6.07, 6.45) is 1.85. The van der Waals surface area contributed by atoms with E-state index in [4.69, 9.17) is 17.3 Å². The molecule has 0 radical (unpaired) electrons. The number of carbonyl (C=O) groups is 2. The van der Waals surface area contributed by atoms with E-state index in [1.165, 1.54) is 0 Å². The fraction of sp³-hybridized carbons (Fsp3) is 0.667. The van der Waals surface area contributed by atoms with E-state index < -0.39 is 12.0 Å². The van der Waals surface area contributed by atoms with Gasteiger partial charge >= 0.3 is 0 Å². The normalized spacial score (nSPS) is 23.6. The van der Waals surface area contributed by atoms with E-state index in [2.05, 4.69) is 16.9 Å². The van der Waals surface area contributed by atoms with Crippen molar-refractivity contribution in [3.05, 3.63) is 12.2 Å². The SMILES string of the molecule is C=C1C(=O)C(CCCN=C(N)CCl)NC(=O)C1CC(C)C. The number of ketones is 1. The highest BCUT2D eigenvalue weighted by atomic mass is 35.5. The van der Waals surface area contributed by atoms with Crippen LogP contribution in [0, 0.1) is 11.8 Å². The van der Waals surface area contributed by atoms with E-state index in [0.29, 0.717) is 43.1 Å². The van der Waals surface area contributed by atoms with Crippen LogP contribution in [-0.2, 0) is 9.59 Å². The molecule has 1 heterocycles. The van der Waals surface area contributed by atoms with Crippen LogP contribution in [0.1, 0.15) is 33.1 Å². The molecule has 0 bridgehead atoms. The smallest absolute Gasteiger partial charge is 0.228 e. The van der Waals surface area contributed by atoms with E-state index in [-0.39, 0.29) is 17.6 Å². The lowest BCUT2D eigenvalue weighted by Crippen LogP contribution is -2.51. The molecule has 2 unspecified atom stereocenters. The fourth-order valence-electron chi connectivity index (χ4n) is 2.38. The number of carbonyl (C=O) groups excluding carboxylic acids is 2. The zero-order valence-electron chi connectivity index (χ0n) is 12.7. The van der Waals surface area contributed by atoms with Crippen molar-refractivity contribution in [3.63, 3.8) is 0 Å². The Labute approximate surface area is 131 Å². The topological polar surface area (TPSA) is 84.6 Å². The number of halogens is 1. The van der Waals surface area contributed by atoms with Crippen molar-refractivity contribution < 1.29 is 9.59 Å². The number of nitrogens with two attached hydrogens (primary N) is 1. The lowest BCUT2D eigenvalue weighted by atomic mass is 9.82. The third-order valence-corrected chi connectivity index (χ3v) is 3.77. The number of amides is 1. The van der Waals surface area contributed by atoms with Gasteiger partial charge in [0, 0.05) is 12.1 Å². The number of aliphatic imine (C=N–C) groups is 1. The van der Waals surface area contributed by atoms with Crippen molar-refractivity contribution in [1.82, 2.24) is 5.32 Å². The third kappa shape index (κ3) is 5.16. The number of nitrogens with zero attached hydrogens (tertiary/aromatic N) is 1. The first-order valence-corrected chi connectivity index (χ1v) is 7.78. The molecule has 21 heavy (non-hydrogen) atoms. The summed E-state index contributed by atoms with van der Waals surface area (Å²) in [6, 6.07) is -0.485. The summed E-state index contributed by atoms with van der Waals surface area (Å²) in [4.78, 5) is 28.4. The molecule has 0 aliphatic carbocycles. The van der Waals surface area contributed by atoms with Crippen LogP contribution >= 0.6 is 11.6 Å². The summed E-state index contributed by atoms with van der Waals surface area (Å²) in [5, 5.41) is 2.80. The maximum Gasteiger partial charge on any atom is 0.228 e. The van der Waals surface area contributed by atoms with Crippen LogP contribution in [0.4, 0.5) is 0 Å². The molecule has 0 aromatic heterocycles. The molecule has 1 fully saturated rings. The van der Waals surface area contributed by atoms with Crippen molar-refractivity contribution in [2.45, 2.75) is 39.2 Å². The number of Topliss-reactive ketones (excluding diaryl/α,β-unsaturated/α-hetero) is 1. The second-order valence-corrected chi connectivity index (χ2v) is 6.05. The zero-order chi connectivity index (χ0) is 16.0. The lowest BCUT2D eigenvalue weighted by molar-refractivity contribution is -0.133. The summed E-state index contributed by atoms with van der Waals surface area (Å²) in [7, 11) is 0. The molecular weight excluding hydrogens is 290 g/mol. The van der Waals surface area contributed by atoms with Gasteiger partial charge in [-0.15, -0.1) is 11.6 Å².